The quantitative estimate of drug-likeness (QED) is 0.438. The van der Waals surface area contributed by atoms with Crippen molar-refractivity contribution in [3.8, 4) is 5.69 Å². The molecule has 0 fully saturated rings. The first-order chi connectivity index (χ1) is 15.8. The summed E-state index contributed by atoms with van der Waals surface area (Å²) in [6.45, 7) is 1.40. The third-order valence-electron chi connectivity index (χ3n) is 4.89. The van der Waals surface area contributed by atoms with Crippen molar-refractivity contribution in [3.63, 3.8) is 0 Å². The van der Waals surface area contributed by atoms with Crippen LogP contribution in [0.5, 0.6) is 0 Å². The lowest BCUT2D eigenvalue weighted by atomic mass is 10.00. The van der Waals surface area contributed by atoms with Crippen molar-refractivity contribution in [1.82, 2.24) is 9.78 Å². The van der Waals surface area contributed by atoms with Gasteiger partial charge in [-0.1, -0.05) is 23.7 Å². The van der Waals surface area contributed by atoms with Gasteiger partial charge in [0.2, 0.25) is 0 Å². The number of halogens is 2. The van der Waals surface area contributed by atoms with Crippen molar-refractivity contribution >= 4 is 29.3 Å². The molecule has 1 aliphatic heterocycles. The summed E-state index contributed by atoms with van der Waals surface area (Å²) in [5, 5.41) is 4.83. The van der Waals surface area contributed by atoms with Gasteiger partial charge in [-0.3, -0.25) is 9.79 Å². The molecule has 1 unspecified atom stereocenters. The van der Waals surface area contributed by atoms with E-state index in [0.717, 1.165) is 0 Å². The Morgan fingerprint density at radius 1 is 1.15 bits per heavy atom. The monoisotopic (exact) mass is 470 g/mol. The van der Waals surface area contributed by atoms with Crippen LogP contribution in [0.25, 0.3) is 5.69 Å². The number of nitrogens with two attached hydrogens (primary N) is 1. The van der Waals surface area contributed by atoms with E-state index in [1.807, 2.05) is 0 Å². The van der Waals surface area contributed by atoms with Crippen molar-refractivity contribution in [2.45, 2.75) is 19.5 Å². The van der Waals surface area contributed by atoms with E-state index in [-0.39, 0.29) is 25.5 Å². The highest BCUT2D eigenvalue weighted by Gasteiger charge is 2.24. The van der Waals surface area contributed by atoms with Crippen LogP contribution in [0, 0.1) is 5.82 Å². The van der Waals surface area contributed by atoms with Gasteiger partial charge in [0, 0.05) is 16.1 Å². The van der Waals surface area contributed by atoms with Crippen LogP contribution < -0.4 is 5.73 Å². The number of fused-ring (bicyclic) bond motifs is 3. The van der Waals surface area contributed by atoms with Crippen molar-refractivity contribution in [1.29, 1.82) is 0 Å². The first-order valence-corrected chi connectivity index (χ1v) is 10.5. The van der Waals surface area contributed by atoms with Gasteiger partial charge in [0.05, 0.1) is 23.6 Å². The summed E-state index contributed by atoms with van der Waals surface area (Å²) in [6.07, 6.45) is 0. The number of rotatable bonds is 6. The first-order valence-electron chi connectivity index (χ1n) is 10.1. The minimum atomic E-state index is -0.757. The smallest absolute Gasteiger partial charge is 0.358 e. The van der Waals surface area contributed by atoms with Crippen LogP contribution in [0.1, 0.15) is 34.2 Å². The maximum absolute atomic E-state index is 14.5. The molecule has 0 bridgehead atoms. The van der Waals surface area contributed by atoms with Crippen LogP contribution in [0.2, 0.25) is 5.02 Å². The summed E-state index contributed by atoms with van der Waals surface area (Å²) in [4.78, 5) is 28.4. The Kier molecular flexibility index (Phi) is 6.52. The highest BCUT2D eigenvalue weighted by atomic mass is 35.5. The largest absolute Gasteiger partial charge is 0.461 e. The molecule has 0 amide bonds. The zero-order valence-corrected chi connectivity index (χ0v) is 18.4. The molecule has 2 N–H and O–H groups in total. The summed E-state index contributed by atoms with van der Waals surface area (Å²) < 4.78 is 26.1. The van der Waals surface area contributed by atoms with Gasteiger partial charge in [-0.2, -0.15) is 5.10 Å². The number of hydrogen-bond acceptors (Lipinski definition) is 7. The Morgan fingerprint density at radius 3 is 2.67 bits per heavy atom. The summed E-state index contributed by atoms with van der Waals surface area (Å²) in [5.74, 6) is -1.67. The highest BCUT2D eigenvalue weighted by molar-refractivity contribution is 6.31. The molecule has 0 saturated carbocycles. The number of aliphatic imine (C=N–C) groups is 1. The Balaban J connectivity index is 1.60. The molecule has 33 heavy (non-hydrogen) atoms. The van der Waals surface area contributed by atoms with E-state index in [1.54, 1.807) is 47.1 Å². The normalized spacial score (nSPS) is 13.3. The van der Waals surface area contributed by atoms with E-state index in [0.29, 0.717) is 33.2 Å². The van der Waals surface area contributed by atoms with Crippen LogP contribution in [-0.4, -0.2) is 46.7 Å². The van der Waals surface area contributed by atoms with Crippen LogP contribution in [-0.2, 0) is 20.8 Å². The third-order valence-corrected chi connectivity index (χ3v) is 5.13. The number of benzene rings is 2. The average Bonchev–Trinajstić information content (AvgIpc) is 3.16. The van der Waals surface area contributed by atoms with E-state index in [4.69, 9.17) is 26.8 Å². The van der Waals surface area contributed by atoms with E-state index in [1.165, 1.54) is 13.0 Å². The fraction of sp³-hybridized carbons (Fsp3) is 0.217. The molecule has 8 nitrogen and oxygen atoms in total. The molecule has 0 radical (unpaired) electrons. The molecule has 2 aromatic carbocycles. The van der Waals surface area contributed by atoms with Gasteiger partial charge in [-0.05, 0) is 43.3 Å². The molecule has 1 aromatic heterocycles. The second-order valence-electron chi connectivity index (χ2n) is 7.33. The molecule has 1 atom stereocenters. The molecule has 3 aromatic rings. The van der Waals surface area contributed by atoms with Gasteiger partial charge in [0.15, 0.2) is 5.69 Å². The standard InChI is InChI=1S/C23H20ClFN4O4/c1-13(26)22(30)32-8-9-33-23(31)19-11-15-12-27-21(16-4-2-3-5-18(16)25)17-10-14(24)6-7-20(17)29(15)28-19/h2-7,10-11,13H,8-9,12,26H2,1H3. The Hall–Kier alpha value is -3.56. The minimum absolute atomic E-state index is 0.0639. The number of carbonyl (C=O) groups excluding carboxylic acids is 2. The SMILES string of the molecule is CC(N)C(=O)OCCOC(=O)c1cc2n(n1)-c1ccc(Cl)cc1C(c1ccccc1F)=NC2. The van der Waals surface area contributed by atoms with Crippen LogP contribution in [0.4, 0.5) is 4.39 Å². The zero-order chi connectivity index (χ0) is 23.5. The number of hydrogen-bond donors (Lipinski definition) is 1. The number of esters is 2. The molecule has 0 spiro atoms. The van der Waals surface area contributed by atoms with E-state index < -0.39 is 23.8 Å². The molecule has 10 heteroatoms. The van der Waals surface area contributed by atoms with E-state index in [2.05, 4.69) is 10.1 Å². The summed E-state index contributed by atoms with van der Waals surface area (Å²) in [6, 6.07) is 12.3. The second kappa shape index (κ2) is 9.51. The fourth-order valence-electron chi connectivity index (χ4n) is 3.33. The molecule has 1 aliphatic rings. The Labute approximate surface area is 193 Å². The number of ether oxygens (including phenoxy) is 2. The molecular formula is C23H20ClFN4O4. The topological polar surface area (TPSA) is 109 Å². The number of carbonyl (C=O) groups is 2. The number of aromatic nitrogens is 2. The van der Waals surface area contributed by atoms with Crippen LogP contribution in [0.15, 0.2) is 53.5 Å². The van der Waals surface area contributed by atoms with Crippen molar-refractivity contribution in [3.05, 3.63) is 81.9 Å². The Morgan fingerprint density at radius 2 is 1.91 bits per heavy atom. The molecule has 0 saturated heterocycles. The lowest BCUT2D eigenvalue weighted by Crippen LogP contribution is -2.29. The summed E-state index contributed by atoms with van der Waals surface area (Å²) in [7, 11) is 0. The molecule has 170 valence electrons. The molecule has 0 aliphatic carbocycles. The van der Waals surface area contributed by atoms with E-state index in [9.17, 15) is 14.0 Å². The molecular weight excluding hydrogens is 451 g/mol. The van der Waals surface area contributed by atoms with Gasteiger partial charge >= 0.3 is 11.9 Å². The van der Waals surface area contributed by atoms with Gasteiger partial charge in [-0.25, -0.2) is 13.9 Å². The lowest BCUT2D eigenvalue weighted by molar-refractivity contribution is -0.145. The average molecular weight is 471 g/mol. The summed E-state index contributed by atoms with van der Waals surface area (Å²) in [5.41, 5.74) is 8.04. The van der Waals surface area contributed by atoms with E-state index >= 15 is 0 Å². The maximum Gasteiger partial charge on any atom is 0.358 e. The number of nitrogens with zero attached hydrogens (tertiary/aromatic N) is 3. The Bertz CT molecular complexity index is 1260. The van der Waals surface area contributed by atoms with Crippen LogP contribution >= 0.6 is 11.6 Å². The highest BCUT2D eigenvalue weighted by Crippen LogP contribution is 2.28. The van der Waals surface area contributed by atoms with Gasteiger partial charge in [0.25, 0.3) is 0 Å². The predicted molar refractivity (Wildman–Crippen MR) is 119 cm³/mol. The molecule has 4 rings (SSSR count). The van der Waals surface area contributed by atoms with Gasteiger partial charge in [-0.15, -0.1) is 0 Å². The van der Waals surface area contributed by atoms with Crippen molar-refractivity contribution in [2.75, 3.05) is 13.2 Å². The van der Waals surface area contributed by atoms with Gasteiger partial charge < -0.3 is 15.2 Å². The molecule has 2 heterocycles. The maximum atomic E-state index is 14.5. The summed E-state index contributed by atoms with van der Waals surface area (Å²) >= 11 is 6.22. The van der Waals surface area contributed by atoms with Gasteiger partial charge in [0.1, 0.15) is 25.1 Å². The third kappa shape index (κ3) is 4.79. The van der Waals surface area contributed by atoms with Crippen LogP contribution in [0.3, 0.4) is 0 Å². The van der Waals surface area contributed by atoms with Crippen molar-refractivity contribution < 1.29 is 23.5 Å². The lowest BCUT2D eigenvalue weighted by Gasteiger charge is -2.12. The first kappa shape index (κ1) is 22.6. The fourth-order valence-corrected chi connectivity index (χ4v) is 3.51. The van der Waals surface area contributed by atoms with Crippen molar-refractivity contribution in [2.24, 2.45) is 10.7 Å². The zero-order valence-electron chi connectivity index (χ0n) is 17.6. The predicted octanol–water partition coefficient (Wildman–Crippen LogP) is 3.06. The second-order valence-corrected chi connectivity index (χ2v) is 7.77. The minimum Gasteiger partial charge on any atom is -0.461 e.